The van der Waals surface area contributed by atoms with Gasteiger partial charge in [-0.2, -0.15) is 0 Å². The number of hydrogen-bond donors (Lipinski definition) is 3. The summed E-state index contributed by atoms with van der Waals surface area (Å²) in [6.07, 6.45) is 0.331. The fraction of sp³-hybridized carbons (Fsp3) is 0.222. The molecule has 5 nitrogen and oxygen atoms in total. The normalized spacial score (nSPS) is 11.6. The number of hydrazine groups is 1. The van der Waals surface area contributed by atoms with E-state index in [9.17, 15) is 4.79 Å². The van der Waals surface area contributed by atoms with Gasteiger partial charge in [0.2, 0.25) is 5.91 Å². The molecule has 126 valence electrons. The molecule has 1 atom stereocenters. The topological polar surface area (TPSA) is 56.4 Å². The number of anilines is 1. The molecular weight excluding hydrogens is 320 g/mol. The number of nitrogens with one attached hydrogen (secondary N) is 3. The minimum atomic E-state index is -0.130. The van der Waals surface area contributed by atoms with Crippen LogP contribution in [0.15, 0.2) is 60.7 Å². The number of para-hydroxylation sites is 1. The van der Waals surface area contributed by atoms with Crippen LogP contribution in [0.3, 0.4) is 0 Å². The number of carbonyl (C=O) groups excluding carboxylic acids is 1. The van der Waals surface area contributed by atoms with Gasteiger partial charge in [0.15, 0.2) is 5.11 Å². The van der Waals surface area contributed by atoms with Crippen molar-refractivity contribution < 1.29 is 4.79 Å². The van der Waals surface area contributed by atoms with Gasteiger partial charge in [0.1, 0.15) is 0 Å². The van der Waals surface area contributed by atoms with Gasteiger partial charge in [0.25, 0.3) is 0 Å². The molecule has 0 aliphatic rings. The van der Waals surface area contributed by atoms with E-state index in [1.165, 1.54) is 0 Å². The largest absolute Gasteiger partial charge is 0.331 e. The third-order valence-corrected chi connectivity index (χ3v) is 3.74. The fourth-order valence-corrected chi connectivity index (χ4v) is 2.48. The van der Waals surface area contributed by atoms with Crippen molar-refractivity contribution >= 4 is 28.9 Å². The monoisotopic (exact) mass is 342 g/mol. The molecule has 24 heavy (non-hydrogen) atoms. The average Bonchev–Trinajstić information content (AvgIpc) is 2.59. The second kappa shape index (κ2) is 9.00. The highest BCUT2D eigenvalue weighted by atomic mass is 32.1. The first-order valence-electron chi connectivity index (χ1n) is 7.68. The van der Waals surface area contributed by atoms with Crippen molar-refractivity contribution in [3.63, 3.8) is 0 Å². The minimum Gasteiger partial charge on any atom is -0.331 e. The lowest BCUT2D eigenvalue weighted by Crippen LogP contribution is -2.44. The molecule has 0 bridgehead atoms. The summed E-state index contributed by atoms with van der Waals surface area (Å²) < 4.78 is 0. The first kappa shape index (κ1) is 17.9. The number of nitrogens with zero attached hydrogens (tertiary/aromatic N) is 1. The van der Waals surface area contributed by atoms with Crippen LogP contribution in [0, 0.1) is 0 Å². The van der Waals surface area contributed by atoms with Gasteiger partial charge in [-0.1, -0.05) is 48.5 Å². The zero-order chi connectivity index (χ0) is 17.4. The molecule has 2 rings (SSSR count). The number of thiocarbonyl (C=S) groups is 1. The number of benzene rings is 2. The van der Waals surface area contributed by atoms with Crippen molar-refractivity contribution in [2.24, 2.45) is 0 Å². The predicted octanol–water partition coefficient (Wildman–Crippen LogP) is 2.70. The molecule has 0 radical (unpaired) electrons. The second-order valence-electron chi connectivity index (χ2n) is 5.59. The Kier molecular flexibility index (Phi) is 6.72. The van der Waals surface area contributed by atoms with Gasteiger partial charge in [-0.3, -0.25) is 15.6 Å². The Morgan fingerprint density at radius 1 is 1.00 bits per heavy atom. The molecule has 6 heteroatoms. The lowest BCUT2D eigenvalue weighted by Gasteiger charge is -2.24. The molecule has 0 aliphatic heterocycles. The van der Waals surface area contributed by atoms with Crippen molar-refractivity contribution in [3.05, 3.63) is 66.2 Å². The maximum Gasteiger partial charge on any atom is 0.240 e. The van der Waals surface area contributed by atoms with Crippen LogP contribution >= 0.6 is 12.2 Å². The van der Waals surface area contributed by atoms with Gasteiger partial charge < -0.3 is 10.2 Å². The molecule has 0 saturated carbocycles. The molecule has 2 aromatic rings. The molecule has 1 amide bonds. The fourth-order valence-electron chi connectivity index (χ4n) is 2.31. The first-order valence-corrected chi connectivity index (χ1v) is 8.09. The standard InChI is InChI=1S/C18H22N4OS/c1-22(2)16(14-9-5-3-6-10-14)13-17(23)20-21-18(24)19-15-11-7-4-8-12-15/h3-12,16H,13H2,1-2H3,(H,20,23)(H2,19,21,24)/t16-/m1/s1. The molecule has 0 aromatic heterocycles. The summed E-state index contributed by atoms with van der Waals surface area (Å²) in [5.74, 6) is -0.130. The van der Waals surface area contributed by atoms with E-state index in [-0.39, 0.29) is 11.9 Å². The van der Waals surface area contributed by atoms with E-state index in [1.54, 1.807) is 0 Å². The third kappa shape index (κ3) is 5.64. The van der Waals surface area contributed by atoms with Crippen LogP contribution in [0.4, 0.5) is 5.69 Å². The second-order valence-corrected chi connectivity index (χ2v) is 6.00. The molecule has 0 unspecified atom stereocenters. The van der Waals surface area contributed by atoms with Crippen LogP contribution in [0.5, 0.6) is 0 Å². The predicted molar refractivity (Wildman–Crippen MR) is 101 cm³/mol. The van der Waals surface area contributed by atoms with Gasteiger partial charge in [-0.15, -0.1) is 0 Å². The Hall–Kier alpha value is -2.44. The van der Waals surface area contributed by atoms with Gasteiger partial charge in [-0.05, 0) is 44.0 Å². The van der Waals surface area contributed by atoms with Crippen molar-refractivity contribution in [2.45, 2.75) is 12.5 Å². The summed E-state index contributed by atoms with van der Waals surface area (Å²) in [6.45, 7) is 0. The molecular formula is C18H22N4OS. The van der Waals surface area contributed by atoms with E-state index in [4.69, 9.17) is 12.2 Å². The molecule has 0 heterocycles. The zero-order valence-corrected chi connectivity index (χ0v) is 14.6. The van der Waals surface area contributed by atoms with Crippen molar-refractivity contribution in [2.75, 3.05) is 19.4 Å². The summed E-state index contributed by atoms with van der Waals surface area (Å²) >= 11 is 5.17. The molecule has 0 fully saturated rings. The van der Waals surface area contributed by atoms with Gasteiger partial charge in [-0.25, -0.2) is 0 Å². The quantitative estimate of drug-likeness (QED) is 0.576. The van der Waals surface area contributed by atoms with Crippen molar-refractivity contribution in [1.82, 2.24) is 15.8 Å². The number of carbonyl (C=O) groups is 1. The Bertz CT molecular complexity index is 661. The van der Waals surface area contributed by atoms with Crippen LogP contribution in [0.25, 0.3) is 0 Å². The van der Waals surface area contributed by atoms with Crippen LogP contribution in [0.1, 0.15) is 18.0 Å². The summed E-state index contributed by atoms with van der Waals surface area (Å²) in [5.41, 5.74) is 7.33. The van der Waals surface area contributed by atoms with Gasteiger partial charge in [0, 0.05) is 18.2 Å². The molecule has 0 spiro atoms. The number of amides is 1. The summed E-state index contributed by atoms with van der Waals surface area (Å²) in [6, 6.07) is 19.5. The van der Waals surface area contributed by atoms with Crippen LogP contribution in [-0.2, 0) is 4.79 Å². The molecule has 3 N–H and O–H groups in total. The molecule has 0 saturated heterocycles. The highest BCUT2D eigenvalue weighted by Crippen LogP contribution is 2.21. The Labute approximate surface area is 148 Å². The van der Waals surface area contributed by atoms with E-state index < -0.39 is 0 Å². The van der Waals surface area contributed by atoms with Crippen molar-refractivity contribution in [1.29, 1.82) is 0 Å². The SMILES string of the molecule is CN(C)[C@H](CC(=O)NNC(=S)Nc1ccccc1)c1ccccc1. The van der Waals surface area contributed by atoms with E-state index >= 15 is 0 Å². The summed E-state index contributed by atoms with van der Waals surface area (Å²) in [7, 11) is 3.92. The smallest absolute Gasteiger partial charge is 0.240 e. The first-order chi connectivity index (χ1) is 11.6. The maximum absolute atomic E-state index is 12.2. The maximum atomic E-state index is 12.2. The average molecular weight is 342 g/mol. The van der Waals surface area contributed by atoms with E-state index in [1.807, 2.05) is 79.7 Å². The summed E-state index contributed by atoms with van der Waals surface area (Å²) in [4.78, 5) is 14.2. The van der Waals surface area contributed by atoms with Crippen LogP contribution in [-0.4, -0.2) is 30.0 Å². The number of rotatable bonds is 5. The van der Waals surface area contributed by atoms with Crippen LogP contribution < -0.4 is 16.2 Å². The van der Waals surface area contributed by atoms with Crippen molar-refractivity contribution in [3.8, 4) is 0 Å². The van der Waals surface area contributed by atoms with Gasteiger partial charge in [0.05, 0.1) is 0 Å². The Morgan fingerprint density at radius 2 is 1.58 bits per heavy atom. The highest BCUT2D eigenvalue weighted by molar-refractivity contribution is 7.80. The van der Waals surface area contributed by atoms with Gasteiger partial charge >= 0.3 is 0 Å². The third-order valence-electron chi connectivity index (χ3n) is 3.53. The Balaban J connectivity index is 1.84. The Morgan fingerprint density at radius 3 is 2.17 bits per heavy atom. The lowest BCUT2D eigenvalue weighted by molar-refractivity contribution is -0.122. The number of hydrogen-bond acceptors (Lipinski definition) is 3. The van der Waals surface area contributed by atoms with E-state index in [0.717, 1.165) is 11.3 Å². The summed E-state index contributed by atoms with van der Waals surface area (Å²) in [5, 5.41) is 3.34. The lowest BCUT2D eigenvalue weighted by atomic mass is 10.0. The zero-order valence-electron chi connectivity index (χ0n) is 13.8. The minimum absolute atomic E-state index is 0.00338. The van der Waals surface area contributed by atoms with E-state index in [2.05, 4.69) is 16.2 Å². The highest BCUT2D eigenvalue weighted by Gasteiger charge is 2.18. The van der Waals surface area contributed by atoms with Crippen LogP contribution in [0.2, 0.25) is 0 Å². The molecule has 0 aliphatic carbocycles. The molecule has 2 aromatic carbocycles. The van der Waals surface area contributed by atoms with E-state index in [0.29, 0.717) is 11.5 Å².